The van der Waals surface area contributed by atoms with Crippen LogP contribution in [0.25, 0.3) is 0 Å². The van der Waals surface area contributed by atoms with Crippen LogP contribution in [0.4, 0.5) is 0 Å². The van der Waals surface area contributed by atoms with Gasteiger partial charge < -0.3 is 0 Å². The zero-order valence-electron chi connectivity index (χ0n) is 8.33. The molecule has 0 saturated carbocycles. The molecule has 0 amide bonds. The molecule has 0 aliphatic heterocycles. The fourth-order valence-electron chi connectivity index (χ4n) is 1.20. The number of hydrogen-bond acceptors (Lipinski definition) is 2. The van der Waals surface area contributed by atoms with Crippen LogP contribution >= 0.6 is 0 Å². The van der Waals surface area contributed by atoms with Crippen LogP contribution in [0.5, 0.6) is 0 Å². The van der Waals surface area contributed by atoms with E-state index >= 15 is 0 Å². The summed E-state index contributed by atoms with van der Waals surface area (Å²) in [7, 11) is -3.86. The molecule has 3 nitrogen and oxygen atoms in total. The van der Waals surface area contributed by atoms with Crippen molar-refractivity contribution in [3.8, 4) is 0 Å². The van der Waals surface area contributed by atoms with E-state index in [1.807, 2.05) is 30.3 Å². The van der Waals surface area contributed by atoms with Crippen LogP contribution in [0.3, 0.4) is 0 Å². The van der Waals surface area contributed by atoms with Gasteiger partial charge in [-0.05, 0) is 18.4 Å². The Kier molecular flexibility index (Phi) is 4.52. The van der Waals surface area contributed by atoms with Crippen molar-refractivity contribution in [3.05, 3.63) is 48.0 Å². The van der Waals surface area contributed by atoms with Crippen LogP contribution in [0.2, 0.25) is 0 Å². The van der Waals surface area contributed by atoms with Gasteiger partial charge in [-0.25, -0.2) is 0 Å². The van der Waals surface area contributed by atoms with Gasteiger partial charge in [-0.3, -0.25) is 4.55 Å². The highest BCUT2D eigenvalue weighted by Crippen LogP contribution is 2.02. The minimum absolute atomic E-state index is 0.304. The number of benzene rings is 1. The fourth-order valence-corrected chi connectivity index (χ4v) is 1.58. The van der Waals surface area contributed by atoms with Crippen molar-refractivity contribution in [1.82, 2.24) is 0 Å². The molecule has 0 atom stereocenters. The SMILES string of the molecule is O=S(=O)(O)CC=CCCc1ccccc1. The number of rotatable bonds is 5. The summed E-state index contributed by atoms with van der Waals surface area (Å²) in [4.78, 5) is 0. The molecule has 0 aliphatic carbocycles. The van der Waals surface area contributed by atoms with Gasteiger partial charge in [-0.15, -0.1) is 0 Å². The number of hydrogen-bond donors (Lipinski definition) is 1. The Labute approximate surface area is 90.2 Å². The van der Waals surface area contributed by atoms with E-state index in [2.05, 4.69) is 0 Å². The smallest absolute Gasteiger partial charge is 0.268 e. The van der Waals surface area contributed by atoms with Crippen LogP contribution in [-0.2, 0) is 16.5 Å². The zero-order chi connectivity index (χ0) is 11.1. The van der Waals surface area contributed by atoms with Crippen molar-refractivity contribution in [2.75, 3.05) is 5.75 Å². The molecule has 0 unspecified atom stereocenters. The average Bonchev–Trinajstić information content (AvgIpc) is 2.17. The van der Waals surface area contributed by atoms with Crippen molar-refractivity contribution < 1.29 is 13.0 Å². The predicted molar refractivity (Wildman–Crippen MR) is 60.3 cm³/mol. The molecule has 0 saturated heterocycles. The summed E-state index contributed by atoms with van der Waals surface area (Å²) in [5, 5.41) is 0. The predicted octanol–water partition coefficient (Wildman–Crippen LogP) is 2.06. The summed E-state index contributed by atoms with van der Waals surface area (Å²) in [5.74, 6) is -0.304. The Morgan fingerprint density at radius 2 is 1.80 bits per heavy atom. The first-order chi connectivity index (χ1) is 7.08. The van der Waals surface area contributed by atoms with E-state index in [4.69, 9.17) is 4.55 Å². The highest BCUT2D eigenvalue weighted by molar-refractivity contribution is 7.85. The summed E-state index contributed by atoms with van der Waals surface area (Å²) in [6.45, 7) is 0. The lowest BCUT2D eigenvalue weighted by molar-refractivity contribution is 0.486. The third-order valence-electron chi connectivity index (χ3n) is 1.92. The Hall–Kier alpha value is -1.13. The molecule has 4 heteroatoms. The van der Waals surface area contributed by atoms with Gasteiger partial charge in [0.05, 0.1) is 5.75 Å². The Morgan fingerprint density at radius 3 is 2.40 bits per heavy atom. The van der Waals surface area contributed by atoms with Crippen LogP contribution in [0.15, 0.2) is 42.5 Å². The van der Waals surface area contributed by atoms with Gasteiger partial charge in [0.2, 0.25) is 0 Å². The lowest BCUT2D eigenvalue weighted by atomic mass is 10.1. The van der Waals surface area contributed by atoms with E-state index in [9.17, 15) is 8.42 Å². The molecule has 1 aromatic rings. The van der Waals surface area contributed by atoms with Crippen LogP contribution in [-0.4, -0.2) is 18.7 Å². The van der Waals surface area contributed by atoms with Gasteiger partial charge in [0.1, 0.15) is 0 Å². The molecule has 0 aliphatic rings. The topological polar surface area (TPSA) is 54.4 Å². The molecule has 0 fully saturated rings. The molecule has 0 aromatic heterocycles. The fraction of sp³-hybridized carbons (Fsp3) is 0.273. The van der Waals surface area contributed by atoms with Gasteiger partial charge in [0.25, 0.3) is 10.1 Å². The van der Waals surface area contributed by atoms with Gasteiger partial charge in [-0.2, -0.15) is 8.42 Å². The normalized spacial score (nSPS) is 12.1. The molecule has 0 spiro atoms. The lowest BCUT2D eigenvalue weighted by Gasteiger charge is -1.96. The van der Waals surface area contributed by atoms with E-state index in [-0.39, 0.29) is 5.75 Å². The summed E-state index contributed by atoms with van der Waals surface area (Å²) in [6.07, 6.45) is 4.89. The maximum Gasteiger partial charge on any atom is 0.268 e. The molecule has 0 heterocycles. The van der Waals surface area contributed by atoms with E-state index < -0.39 is 10.1 Å². The highest BCUT2D eigenvalue weighted by Gasteiger charge is 1.98. The summed E-state index contributed by atoms with van der Waals surface area (Å²) >= 11 is 0. The largest absolute Gasteiger partial charge is 0.285 e. The van der Waals surface area contributed by atoms with Crippen LogP contribution in [0.1, 0.15) is 12.0 Å². The summed E-state index contributed by atoms with van der Waals surface area (Å²) in [6, 6.07) is 9.94. The van der Waals surface area contributed by atoms with Crippen LogP contribution < -0.4 is 0 Å². The van der Waals surface area contributed by atoms with Crippen molar-refractivity contribution >= 4 is 10.1 Å². The second-order valence-corrected chi connectivity index (χ2v) is 4.74. The minimum atomic E-state index is -3.86. The second-order valence-electron chi connectivity index (χ2n) is 3.24. The summed E-state index contributed by atoms with van der Waals surface area (Å²) < 4.78 is 29.2. The van der Waals surface area contributed by atoms with Crippen molar-refractivity contribution in [2.45, 2.75) is 12.8 Å². The molecular formula is C11H14O3S. The van der Waals surface area contributed by atoms with E-state index in [0.29, 0.717) is 0 Å². The molecular weight excluding hydrogens is 212 g/mol. The monoisotopic (exact) mass is 226 g/mol. The molecule has 15 heavy (non-hydrogen) atoms. The average molecular weight is 226 g/mol. The standard InChI is InChI=1S/C11H14O3S/c12-15(13,14)10-6-2-5-9-11-7-3-1-4-8-11/h1-4,6-8H,5,9-10H2,(H,12,13,14). The number of aryl methyl sites for hydroxylation is 1. The zero-order valence-corrected chi connectivity index (χ0v) is 9.15. The quantitative estimate of drug-likeness (QED) is 0.617. The minimum Gasteiger partial charge on any atom is -0.285 e. The van der Waals surface area contributed by atoms with Crippen LogP contribution in [0, 0.1) is 0 Å². The maximum atomic E-state index is 10.4. The Balaban J connectivity index is 2.28. The number of allylic oxidation sites excluding steroid dienone is 1. The van der Waals surface area contributed by atoms with E-state index in [0.717, 1.165) is 12.8 Å². The van der Waals surface area contributed by atoms with Crippen molar-refractivity contribution in [1.29, 1.82) is 0 Å². The molecule has 1 N–H and O–H groups in total. The third kappa shape index (κ3) is 6.04. The lowest BCUT2D eigenvalue weighted by Crippen LogP contribution is -2.00. The third-order valence-corrected chi connectivity index (χ3v) is 2.53. The molecule has 82 valence electrons. The van der Waals surface area contributed by atoms with Gasteiger partial charge in [-0.1, -0.05) is 42.5 Å². The van der Waals surface area contributed by atoms with Crippen molar-refractivity contribution in [2.24, 2.45) is 0 Å². The van der Waals surface area contributed by atoms with Gasteiger partial charge in [0.15, 0.2) is 0 Å². The molecule has 1 aromatic carbocycles. The molecule has 0 radical (unpaired) electrons. The van der Waals surface area contributed by atoms with E-state index in [1.54, 1.807) is 6.08 Å². The maximum absolute atomic E-state index is 10.4. The first kappa shape index (κ1) is 11.9. The Bertz CT molecular complexity index is 407. The second kappa shape index (κ2) is 5.68. The first-order valence-electron chi connectivity index (χ1n) is 4.72. The van der Waals surface area contributed by atoms with Gasteiger partial charge in [0, 0.05) is 0 Å². The molecule has 0 bridgehead atoms. The van der Waals surface area contributed by atoms with Crippen molar-refractivity contribution in [3.63, 3.8) is 0 Å². The molecule has 1 rings (SSSR count). The summed E-state index contributed by atoms with van der Waals surface area (Å²) in [5.41, 5.74) is 1.22. The van der Waals surface area contributed by atoms with E-state index in [1.165, 1.54) is 11.6 Å². The highest BCUT2D eigenvalue weighted by atomic mass is 32.2. The Morgan fingerprint density at radius 1 is 1.13 bits per heavy atom. The first-order valence-corrected chi connectivity index (χ1v) is 6.33. The van der Waals surface area contributed by atoms with Gasteiger partial charge >= 0.3 is 0 Å².